The molecule has 0 atom stereocenters. The van der Waals surface area contributed by atoms with Crippen LogP contribution < -0.4 is 14.5 Å². The molecule has 138 valence electrons. The lowest BCUT2D eigenvalue weighted by Gasteiger charge is -2.35. The standard InChI is InChI=1S/C20H27N5O/c1-26-18-6-4-5-17(15-18)16-23-11-13-25(14-12-23)20-21-8-7-19(22-20)24-9-2-3-10-24/h4-8,15H,2-3,9-14,16H2,1H3. The van der Waals surface area contributed by atoms with E-state index in [1.165, 1.54) is 18.4 Å². The third-order valence-electron chi connectivity index (χ3n) is 5.25. The van der Waals surface area contributed by atoms with Crippen molar-refractivity contribution in [2.24, 2.45) is 0 Å². The van der Waals surface area contributed by atoms with Crippen molar-refractivity contribution in [1.82, 2.24) is 14.9 Å². The minimum Gasteiger partial charge on any atom is -0.497 e. The monoisotopic (exact) mass is 353 g/mol. The van der Waals surface area contributed by atoms with E-state index in [2.05, 4.69) is 37.9 Å². The Labute approximate surface area is 155 Å². The highest BCUT2D eigenvalue weighted by molar-refractivity contribution is 5.44. The number of piperazine rings is 1. The smallest absolute Gasteiger partial charge is 0.227 e. The largest absolute Gasteiger partial charge is 0.497 e. The molecule has 6 nitrogen and oxygen atoms in total. The Hall–Kier alpha value is -2.34. The molecular weight excluding hydrogens is 326 g/mol. The highest BCUT2D eigenvalue weighted by atomic mass is 16.5. The molecule has 1 aromatic heterocycles. The lowest BCUT2D eigenvalue weighted by atomic mass is 10.2. The van der Waals surface area contributed by atoms with E-state index in [1.54, 1.807) is 7.11 Å². The maximum Gasteiger partial charge on any atom is 0.227 e. The first-order valence-corrected chi connectivity index (χ1v) is 9.50. The van der Waals surface area contributed by atoms with Crippen LogP contribution in [0, 0.1) is 0 Å². The fourth-order valence-electron chi connectivity index (χ4n) is 3.75. The van der Waals surface area contributed by atoms with Crippen molar-refractivity contribution in [1.29, 1.82) is 0 Å². The summed E-state index contributed by atoms with van der Waals surface area (Å²) in [5.74, 6) is 2.87. The van der Waals surface area contributed by atoms with Gasteiger partial charge in [-0.05, 0) is 36.6 Å². The number of hydrogen-bond acceptors (Lipinski definition) is 6. The lowest BCUT2D eigenvalue weighted by molar-refractivity contribution is 0.248. The molecule has 0 unspecified atom stereocenters. The SMILES string of the molecule is COc1cccc(CN2CCN(c3nccc(N4CCCC4)n3)CC2)c1. The van der Waals surface area contributed by atoms with Gasteiger partial charge in [0.2, 0.25) is 5.95 Å². The quantitative estimate of drug-likeness (QED) is 0.823. The fraction of sp³-hybridized carbons (Fsp3) is 0.500. The number of nitrogens with zero attached hydrogens (tertiary/aromatic N) is 5. The summed E-state index contributed by atoms with van der Waals surface area (Å²) in [5, 5.41) is 0. The number of benzene rings is 1. The van der Waals surface area contributed by atoms with Gasteiger partial charge in [-0.15, -0.1) is 0 Å². The molecule has 0 saturated carbocycles. The van der Waals surface area contributed by atoms with Crippen LogP contribution >= 0.6 is 0 Å². The molecule has 3 heterocycles. The van der Waals surface area contributed by atoms with Gasteiger partial charge < -0.3 is 14.5 Å². The van der Waals surface area contributed by atoms with Crippen LogP contribution in [0.3, 0.4) is 0 Å². The molecule has 1 aromatic carbocycles. The molecular formula is C20H27N5O. The summed E-state index contributed by atoms with van der Waals surface area (Å²) in [6.07, 6.45) is 4.43. The predicted molar refractivity (Wildman–Crippen MR) is 104 cm³/mol. The summed E-state index contributed by atoms with van der Waals surface area (Å²) in [6, 6.07) is 10.4. The van der Waals surface area contributed by atoms with Gasteiger partial charge in [-0.25, -0.2) is 4.98 Å². The molecule has 2 saturated heterocycles. The summed E-state index contributed by atoms with van der Waals surface area (Å²) in [7, 11) is 1.72. The van der Waals surface area contributed by atoms with E-state index < -0.39 is 0 Å². The molecule has 26 heavy (non-hydrogen) atoms. The van der Waals surface area contributed by atoms with Crippen LogP contribution in [0.1, 0.15) is 18.4 Å². The van der Waals surface area contributed by atoms with Gasteiger partial charge in [0.1, 0.15) is 11.6 Å². The molecule has 6 heteroatoms. The van der Waals surface area contributed by atoms with E-state index >= 15 is 0 Å². The first kappa shape index (κ1) is 17.1. The van der Waals surface area contributed by atoms with Gasteiger partial charge in [0.05, 0.1) is 7.11 Å². The number of aromatic nitrogens is 2. The van der Waals surface area contributed by atoms with Crippen molar-refractivity contribution in [2.45, 2.75) is 19.4 Å². The minimum absolute atomic E-state index is 0.871. The summed E-state index contributed by atoms with van der Waals surface area (Å²) in [6.45, 7) is 7.17. The number of hydrogen-bond donors (Lipinski definition) is 0. The molecule has 2 aromatic rings. The molecule has 0 aliphatic carbocycles. The van der Waals surface area contributed by atoms with Crippen LogP contribution in [0.5, 0.6) is 5.75 Å². The fourth-order valence-corrected chi connectivity index (χ4v) is 3.75. The third kappa shape index (κ3) is 3.90. The Morgan fingerprint density at radius 3 is 2.54 bits per heavy atom. The van der Waals surface area contributed by atoms with Crippen molar-refractivity contribution in [2.75, 3.05) is 56.2 Å². The molecule has 0 radical (unpaired) electrons. The second kappa shape index (κ2) is 7.91. The normalized spacial score (nSPS) is 18.3. The minimum atomic E-state index is 0.871. The zero-order valence-electron chi connectivity index (χ0n) is 15.5. The van der Waals surface area contributed by atoms with Crippen LogP contribution in [-0.2, 0) is 6.54 Å². The van der Waals surface area contributed by atoms with Crippen molar-refractivity contribution in [3.63, 3.8) is 0 Å². The van der Waals surface area contributed by atoms with Crippen LogP contribution in [0.25, 0.3) is 0 Å². The average Bonchev–Trinajstić information content (AvgIpc) is 3.24. The van der Waals surface area contributed by atoms with E-state index in [0.717, 1.165) is 63.3 Å². The first-order valence-electron chi connectivity index (χ1n) is 9.50. The van der Waals surface area contributed by atoms with E-state index in [4.69, 9.17) is 9.72 Å². The van der Waals surface area contributed by atoms with Gasteiger partial charge in [0.15, 0.2) is 0 Å². The summed E-state index contributed by atoms with van der Waals surface area (Å²) < 4.78 is 5.33. The van der Waals surface area contributed by atoms with Crippen molar-refractivity contribution in [3.05, 3.63) is 42.1 Å². The van der Waals surface area contributed by atoms with Crippen molar-refractivity contribution < 1.29 is 4.74 Å². The average molecular weight is 353 g/mol. The maximum absolute atomic E-state index is 5.33. The van der Waals surface area contributed by atoms with Gasteiger partial charge in [-0.1, -0.05) is 12.1 Å². The zero-order valence-corrected chi connectivity index (χ0v) is 15.5. The maximum atomic E-state index is 5.33. The molecule has 0 N–H and O–H groups in total. The molecule has 2 aliphatic heterocycles. The third-order valence-corrected chi connectivity index (χ3v) is 5.25. The van der Waals surface area contributed by atoms with E-state index in [0.29, 0.717) is 0 Å². The van der Waals surface area contributed by atoms with Gasteiger partial charge in [-0.3, -0.25) is 4.90 Å². The first-order chi connectivity index (χ1) is 12.8. The molecule has 2 aliphatic rings. The molecule has 2 fully saturated rings. The van der Waals surface area contributed by atoms with Crippen molar-refractivity contribution >= 4 is 11.8 Å². The predicted octanol–water partition coefficient (Wildman–Crippen LogP) is 2.41. The van der Waals surface area contributed by atoms with Crippen LogP contribution in [-0.4, -0.2) is 61.2 Å². The Bertz CT molecular complexity index is 724. The highest BCUT2D eigenvalue weighted by Crippen LogP contribution is 2.21. The Balaban J connectivity index is 1.35. The lowest BCUT2D eigenvalue weighted by Crippen LogP contribution is -2.46. The molecule has 4 rings (SSSR count). The topological polar surface area (TPSA) is 44.7 Å². The van der Waals surface area contributed by atoms with Crippen molar-refractivity contribution in [3.8, 4) is 5.75 Å². The van der Waals surface area contributed by atoms with E-state index in [9.17, 15) is 0 Å². The Kier molecular flexibility index (Phi) is 5.20. The van der Waals surface area contributed by atoms with Crippen LogP contribution in [0.15, 0.2) is 36.5 Å². The van der Waals surface area contributed by atoms with E-state index in [-0.39, 0.29) is 0 Å². The molecule has 0 spiro atoms. The van der Waals surface area contributed by atoms with E-state index in [1.807, 2.05) is 18.3 Å². The van der Waals surface area contributed by atoms with Gasteiger partial charge >= 0.3 is 0 Å². The van der Waals surface area contributed by atoms with Crippen LogP contribution in [0.2, 0.25) is 0 Å². The Morgan fingerprint density at radius 2 is 1.77 bits per heavy atom. The molecule has 0 bridgehead atoms. The highest BCUT2D eigenvalue weighted by Gasteiger charge is 2.21. The van der Waals surface area contributed by atoms with Gasteiger partial charge in [0, 0.05) is 52.0 Å². The number of methoxy groups -OCH3 is 1. The van der Waals surface area contributed by atoms with Gasteiger partial charge in [0.25, 0.3) is 0 Å². The number of ether oxygens (including phenoxy) is 1. The second-order valence-electron chi connectivity index (χ2n) is 7.02. The summed E-state index contributed by atoms with van der Waals surface area (Å²) in [5.41, 5.74) is 1.30. The summed E-state index contributed by atoms with van der Waals surface area (Å²) >= 11 is 0. The number of rotatable bonds is 5. The Morgan fingerprint density at radius 1 is 0.962 bits per heavy atom. The number of anilines is 2. The second-order valence-corrected chi connectivity index (χ2v) is 7.02. The zero-order chi connectivity index (χ0) is 17.8. The van der Waals surface area contributed by atoms with Crippen LogP contribution in [0.4, 0.5) is 11.8 Å². The molecule has 0 amide bonds. The van der Waals surface area contributed by atoms with Gasteiger partial charge in [-0.2, -0.15) is 4.98 Å². The summed E-state index contributed by atoms with van der Waals surface area (Å²) in [4.78, 5) is 16.5.